The highest BCUT2D eigenvalue weighted by Gasteiger charge is 2.26. The number of hydrogen-bond acceptors (Lipinski definition) is 3. The Morgan fingerprint density at radius 3 is 2.36 bits per heavy atom. The molecule has 0 aliphatic carbocycles. The monoisotopic (exact) mass is 371 g/mol. The van der Waals surface area contributed by atoms with E-state index in [0.717, 1.165) is 22.4 Å². The molecule has 0 bridgehead atoms. The van der Waals surface area contributed by atoms with Gasteiger partial charge in [-0.2, -0.15) is 0 Å². The highest BCUT2D eigenvalue weighted by atomic mass is 16.2. The van der Waals surface area contributed by atoms with Crippen molar-refractivity contribution >= 4 is 23.2 Å². The van der Waals surface area contributed by atoms with E-state index in [-0.39, 0.29) is 11.8 Å². The van der Waals surface area contributed by atoms with Crippen LogP contribution in [-0.4, -0.2) is 25.9 Å². The van der Waals surface area contributed by atoms with Crippen LogP contribution >= 0.6 is 0 Å². The van der Waals surface area contributed by atoms with Crippen LogP contribution in [0.1, 0.15) is 26.3 Å². The fourth-order valence-corrected chi connectivity index (χ4v) is 3.45. The first-order valence-corrected chi connectivity index (χ1v) is 9.13. The minimum absolute atomic E-state index is 0.161. The minimum Gasteiger partial charge on any atom is -0.378 e. The third kappa shape index (κ3) is 3.22. The normalized spacial score (nSPS) is 12.3. The van der Waals surface area contributed by atoms with Crippen molar-refractivity contribution in [1.82, 2.24) is 5.32 Å². The average molecular weight is 371 g/mol. The molecule has 0 unspecified atom stereocenters. The minimum atomic E-state index is -0.236. The molecule has 0 fully saturated rings. The van der Waals surface area contributed by atoms with Gasteiger partial charge in [-0.1, -0.05) is 36.4 Å². The molecule has 3 aromatic carbocycles. The maximum Gasteiger partial charge on any atom is 0.255 e. The van der Waals surface area contributed by atoms with Crippen molar-refractivity contribution in [3.8, 4) is 11.1 Å². The van der Waals surface area contributed by atoms with Gasteiger partial charge in [-0.25, -0.2) is 0 Å². The van der Waals surface area contributed by atoms with Crippen molar-refractivity contribution < 1.29 is 9.59 Å². The molecule has 0 saturated heterocycles. The molecule has 0 aromatic heterocycles. The molecule has 1 aliphatic heterocycles. The summed E-state index contributed by atoms with van der Waals surface area (Å²) in [6.45, 7) is 0.458. The molecule has 1 heterocycles. The number of amides is 2. The number of nitrogens with zero attached hydrogens (tertiary/aromatic N) is 1. The van der Waals surface area contributed by atoms with Gasteiger partial charge in [-0.05, 0) is 47.0 Å². The summed E-state index contributed by atoms with van der Waals surface area (Å²) in [5, 5.41) is 5.78. The molecule has 0 radical (unpaired) electrons. The Bertz CT molecular complexity index is 1040. The van der Waals surface area contributed by atoms with Gasteiger partial charge in [-0.15, -0.1) is 0 Å². The second-order valence-corrected chi connectivity index (χ2v) is 6.96. The molecule has 2 amide bonds. The molecule has 4 rings (SSSR count). The number of fused-ring (bicyclic) bond motifs is 1. The van der Waals surface area contributed by atoms with Crippen molar-refractivity contribution in [2.24, 2.45) is 0 Å². The van der Waals surface area contributed by atoms with E-state index < -0.39 is 0 Å². The van der Waals surface area contributed by atoms with Crippen LogP contribution in [-0.2, 0) is 6.54 Å². The van der Waals surface area contributed by atoms with Crippen LogP contribution in [0.5, 0.6) is 0 Å². The molecule has 5 nitrogen and oxygen atoms in total. The number of hydrogen-bond donors (Lipinski definition) is 2. The quantitative estimate of drug-likeness (QED) is 0.731. The molecule has 3 aromatic rings. The lowest BCUT2D eigenvalue weighted by Crippen LogP contribution is -2.17. The number of carbonyl (C=O) groups is 2. The van der Waals surface area contributed by atoms with E-state index in [9.17, 15) is 9.59 Å². The summed E-state index contributed by atoms with van der Waals surface area (Å²) in [7, 11) is 3.90. The topological polar surface area (TPSA) is 61.4 Å². The van der Waals surface area contributed by atoms with Crippen molar-refractivity contribution in [3.05, 3.63) is 83.4 Å². The predicted octanol–water partition coefficient (Wildman–Crippen LogP) is 3.92. The Labute approximate surface area is 164 Å². The van der Waals surface area contributed by atoms with Crippen LogP contribution in [0.25, 0.3) is 11.1 Å². The Morgan fingerprint density at radius 1 is 0.964 bits per heavy atom. The fourth-order valence-electron chi connectivity index (χ4n) is 3.45. The van der Waals surface area contributed by atoms with E-state index >= 15 is 0 Å². The third-order valence-corrected chi connectivity index (χ3v) is 4.94. The van der Waals surface area contributed by atoms with Gasteiger partial charge in [-0.3, -0.25) is 9.59 Å². The van der Waals surface area contributed by atoms with E-state index in [4.69, 9.17) is 0 Å². The van der Waals surface area contributed by atoms with Gasteiger partial charge >= 0.3 is 0 Å². The number of benzene rings is 3. The number of rotatable bonds is 4. The van der Waals surface area contributed by atoms with E-state index in [0.29, 0.717) is 23.4 Å². The lowest BCUT2D eigenvalue weighted by molar-refractivity contribution is 0.0966. The second-order valence-electron chi connectivity index (χ2n) is 6.96. The number of anilines is 2. The Balaban J connectivity index is 1.66. The summed E-state index contributed by atoms with van der Waals surface area (Å²) in [5.41, 5.74) is 5.60. The average Bonchev–Trinajstić information content (AvgIpc) is 3.11. The first-order chi connectivity index (χ1) is 13.5. The summed E-state index contributed by atoms with van der Waals surface area (Å²) in [5.74, 6) is -0.397. The SMILES string of the molecule is CN(C)c1ccc(C(=O)Nc2ccc(-c3ccccc3)c3c2C(=O)NC3)cc1. The molecular weight excluding hydrogens is 350 g/mol. The summed E-state index contributed by atoms with van der Waals surface area (Å²) >= 11 is 0. The van der Waals surface area contributed by atoms with E-state index in [2.05, 4.69) is 10.6 Å². The number of nitrogens with one attached hydrogen (secondary N) is 2. The standard InChI is InChI=1S/C23H21N3O2/c1-26(2)17-10-8-16(9-11-17)22(27)25-20-13-12-18(15-6-4-3-5-7-15)19-14-24-23(28)21(19)20/h3-13H,14H2,1-2H3,(H,24,28)(H,25,27). The first-order valence-electron chi connectivity index (χ1n) is 9.13. The van der Waals surface area contributed by atoms with Gasteiger partial charge in [0.15, 0.2) is 0 Å². The summed E-state index contributed by atoms with van der Waals surface area (Å²) in [4.78, 5) is 27.1. The van der Waals surface area contributed by atoms with Crippen LogP contribution in [0.3, 0.4) is 0 Å². The first kappa shape index (κ1) is 17.8. The fraction of sp³-hybridized carbons (Fsp3) is 0.130. The highest BCUT2D eigenvalue weighted by molar-refractivity contribution is 6.11. The molecule has 28 heavy (non-hydrogen) atoms. The Morgan fingerprint density at radius 2 is 1.68 bits per heavy atom. The molecule has 1 aliphatic rings. The van der Waals surface area contributed by atoms with Gasteiger partial charge in [0.25, 0.3) is 11.8 Å². The molecule has 0 saturated carbocycles. The Hall–Kier alpha value is -3.60. The zero-order chi connectivity index (χ0) is 19.7. The largest absolute Gasteiger partial charge is 0.378 e. The van der Waals surface area contributed by atoms with Gasteiger partial charge in [0.05, 0.1) is 11.3 Å². The van der Waals surface area contributed by atoms with Crippen molar-refractivity contribution in [3.63, 3.8) is 0 Å². The van der Waals surface area contributed by atoms with Gasteiger partial charge < -0.3 is 15.5 Å². The van der Waals surface area contributed by atoms with Crippen LogP contribution in [0.15, 0.2) is 66.7 Å². The lowest BCUT2D eigenvalue weighted by Gasteiger charge is -2.14. The maximum atomic E-state index is 12.7. The second kappa shape index (κ2) is 7.19. The lowest BCUT2D eigenvalue weighted by atomic mass is 9.95. The third-order valence-electron chi connectivity index (χ3n) is 4.94. The van der Waals surface area contributed by atoms with Gasteiger partial charge in [0, 0.05) is 31.9 Å². The van der Waals surface area contributed by atoms with Crippen molar-refractivity contribution in [2.45, 2.75) is 6.54 Å². The van der Waals surface area contributed by atoms with Crippen molar-refractivity contribution in [1.29, 1.82) is 0 Å². The predicted molar refractivity (Wildman–Crippen MR) is 112 cm³/mol. The molecule has 2 N–H and O–H groups in total. The zero-order valence-corrected chi connectivity index (χ0v) is 15.8. The molecule has 140 valence electrons. The summed E-state index contributed by atoms with van der Waals surface area (Å²) in [6.07, 6.45) is 0. The molecule has 0 spiro atoms. The summed E-state index contributed by atoms with van der Waals surface area (Å²) < 4.78 is 0. The number of carbonyl (C=O) groups excluding carboxylic acids is 2. The molecule has 5 heteroatoms. The highest BCUT2D eigenvalue weighted by Crippen LogP contribution is 2.34. The molecular formula is C23H21N3O2. The van der Waals surface area contributed by atoms with Crippen LogP contribution in [0.4, 0.5) is 11.4 Å². The summed E-state index contributed by atoms with van der Waals surface area (Å²) in [6, 6.07) is 21.0. The Kier molecular flexibility index (Phi) is 4.57. The van der Waals surface area contributed by atoms with Crippen LogP contribution < -0.4 is 15.5 Å². The van der Waals surface area contributed by atoms with E-state index in [1.165, 1.54) is 0 Å². The van der Waals surface area contributed by atoms with E-state index in [1.54, 1.807) is 18.2 Å². The van der Waals surface area contributed by atoms with Crippen LogP contribution in [0.2, 0.25) is 0 Å². The zero-order valence-electron chi connectivity index (χ0n) is 15.8. The van der Waals surface area contributed by atoms with Crippen molar-refractivity contribution in [2.75, 3.05) is 24.3 Å². The van der Waals surface area contributed by atoms with Gasteiger partial charge in [0.2, 0.25) is 0 Å². The smallest absolute Gasteiger partial charge is 0.255 e. The van der Waals surface area contributed by atoms with E-state index in [1.807, 2.05) is 67.5 Å². The van der Waals surface area contributed by atoms with Crippen LogP contribution in [0, 0.1) is 0 Å². The van der Waals surface area contributed by atoms with Gasteiger partial charge in [0.1, 0.15) is 0 Å². The molecule has 0 atom stereocenters. The maximum absolute atomic E-state index is 12.7.